The van der Waals surface area contributed by atoms with Crippen LogP contribution in [0.15, 0.2) is 60.2 Å². The van der Waals surface area contributed by atoms with Crippen LogP contribution >= 0.6 is 0 Å². The fraction of sp³-hybridized carbons (Fsp3) is 0.227. The molecule has 1 amide bonds. The average Bonchev–Trinajstić information content (AvgIpc) is 2.64. The van der Waals surface area contributed by atoms with E-state index in [4.69, 9.17) is 10.00 Å². The fourth-order valence-corrected chi connectivity index (χ4v) is 2.31. The van der Waals surface area contributed by atoms with Gasteiger partial charge in [0.05, 0.1) is 0 Å². The number of hydrogen-bond acceptors (Lipinski definition) is 4. The monoisotopic (exact) mass is 362 g/mol. The minimum Gasteiger partial charge on any atom is -0.451 e. The molecule has 0 aromatic heterocycles. The molecule has 2 aromatic carbocycles. The normalized spacial score (nSPS) is 11.4. The lowest BCUT2D eigenvalue weighted by atomic mass is 9.87. The molecule has 0 aliphatic carbocycles. The smallest absolute Gasteiger partial charge is 0.349 e. The molecule has 0 spiro atoms. The highest BCUT2D eigenvalue weighted by molar-refractivity contribution is 6.00. The van der Waals surface area contributed by atoms with Crippen molar-refractivity contribution in [2.45, 2.75) is 26.2 Å². The van der Waals surface area contributed by atoms with E-state index in [1.807, 2.05) is 18.2 Å². The molecule has 2 rings (SSSR count). The van der Waals surface area contributed by atoms with Gasteiger partial charge in [0.1, 0.15) is 11.6 Å². The number of nitrogens with one attached hydrogen (secondary N) is 1. The molecule has 0 atom stereocenters. The summed E-state index contributed by atoms with van der Waals surface area (Å²) in [7, 11) is 0. The van der Waals surface area contributed by atoms with E-state index in [0.29, 0.717) is 11.3 Å². The quantitative estimate of drug-likeness (QED) is 0.494. The van der Waals surface area contributed by atoms with Crippen LogP contribution in [-0.4, -0.2) is 18.5 Å². The van der Waals surface area contributed by atoms with E-state index in [-0.39, 0.29) is 11.0 Å². The molecule has 5 nitrogen and oxygen atoms in total. The third-order valence-corrected chi connectivity index (χ3v) is 3.82. The summed E-state index contributed by atoms with van der Waals surface area (Å²) in [5, 5.41) is 11.8. The van der Waals surface area contributed by atoms with Crippen LogP contribution in [0.25, 0.3) is 6.08 Å². The molecule has 5 heteroatoms. The first-order chi connectivity index (χ1) is 12.8. The predicted octanol–water partition coefficient (Wildman–Crippen LogP) is 4.07. The van der Waals surface area contributed by atoms with Crippen molar-refractivity contribution >= 4 is 23.6 Å². The molecule has 0 heterocycles. The predicted molar refractivity (Wildman–Crippen MR) is 105 cm³/mol. The number of nitrogens with zero attached hydrogens (tertiary/aromatic N) is 1. The van der Waals surface area contributed by atoms with Gasteiger partial charge in [0.25, 0.3) is 5.91 Å². The Labute approximate surface area is 159 Å². The third kappa shape index (κ3) is 6.12. The summed E-state index contributed by atoms with van der Waals surface area (Å²) in [4.78, 5) is 24.0. The summed E-state index contributed by atoms with van der Waals surface area (Å²) >= 11 is 0. The number of carbonyl (C=O) groups excluding carboxylic acids is 2. The zero-order chi connectivity index (χ0) is 19.9. The summed E-state index contributed by atoms with van der Waals surface area (Å²) in [6, 6.07) is 18.2. The van der Waals surface area contributed by atoms with E-state index in [1.54, 1.807) is 42.5 Å². The first-order valence-electron chi connectivity index (χ1n) is 8.54. The van der Waals surface area contributed by atoms with Gasteiger partial charge in [0, 0.05) is 5.69 Å². The topological polar surface area (TPSA) is 79.2 Å². The van der Waals surface area contributed by atoms with Crippen LogP contribution < -0.4 is 5.32 Å². The zero-order valence-corrected chi connectivity index (χ0v) is 15.7. The van der Waals surface area contributed by atoms with Crippen LogP contribution in [0, 0.1) is 11.3 Å². The molecular formula is C22H22N2O3. The second-order valence-electron chi connectivity index (χ2n) is 7.03. The van der Waals surface area contributed by atoms with Crippen molar-refractivity contribution in [3.8, 4) is 6.07 Å². The van der Waals surface area contributed by atoms with E-state index in [1.165, 1.54) is 6.08 Å². The molecular weight excluding hydrogens is 340 g/mol. The first kappa shape index (κ1) is 19.9. The van der Waals surface area contributed by atoms with Crippen molar-refractivity contribution < 1.29 is 14.3 Å². The lowest BCUT2D eigenvalue weighted by Gasteiger charge is -2.19. The molecule has 0 saturated heterocycles. The third-order valence-electron chi connectivity index (χ3n) is 3.82. The highest BCUT2D eigenvalue weighted by Gasteiger charge is 2.15. The molecule has 1 N–H and O–H groups in total. The number of benzene rings is 2. The summed E-state index contributed by atoms with van der Waals surface area (Å²) < 4.78 is 4.94. The van der Waals surface area contributed by atoms with Gasteiger partial charge in [-0.3, -0.25) is 4.79 Å². The first-order valence-corrected chi connectivity index (χ1v) is 8.54. The Morgan fingerprint density at radius 1 is 1.07 bits per heavy atom. The maximum absolute atomic E-state index is 12.0. The van der Waals surface area contributed by atoms with Crippen LogP contribution in [0.2, 0.25) is 0 Å². The minimum absolute atomic E-state index is 0.0247. The summed E-state index contributed by atoms with van der Waals surface area (Å²) in [6.45, 7) is 5.86. The Hall–Kier alpha value is -3.39. The van der Waals surface area contributed by atoms with Crippen molar-refractivity contribution in [2.24, 2.45) is 0 Å². The lowest BCUT2D eigenvalue weighted by molar-refractivity contribution is -0.142. The number of ether oxygens (including phenoxy) is 1. The lowest BCUT2D eigenvalue weighted by Crippen LogP contribution is -2.21. The van der Waals surface area contributed by atoms with E-state index >= 15 is 0 Å². The SMILES string of the molecule is CC(C)(C)c1ccc(NC(=O)COC(=O)C(C#N)=Cc2ccccc2)cc1. The Morgan fingerprint density at radius 2 is 1.70 bits per heavy atom. The Balaban J connectivity index is 1.92. The van der Waals surface area contributed by atoms with E-state index in [2.05, 4.69) is 26.1 Å². The van der Waals surface area contributed by atoms with Crippen molar-refractivity contribution in [1.82, 2.24) is 0 Å². The summed E-state index contributed by atoms with van der Waals surface area (Å²) in [5.41, 5.74) is 2.33. The van der Waals surface area contributed by atoms with Crippen LogP contribution in [0.1, 0.15) is 31.9 Å². The molecule has 2 aromatic rings. The van der Waals surface area contributed by atoms with Gasteiger partial charge < -0.3 is 10.1 Å². The maximum atomic E-state index is 12.0. The van der Waals surface area contributed by atoms with Crippen LogP contribution in [0.4, 0.5) is 5.69 Å². The molecule has 0 saturated carbocycles. The second kappa shape index (κ2) is 8.81. The van der Waals surface area contributed by atoms with E-state index in [9.17, 15) is 9.59 Å². The van der Waals surface area contributed by atoms with Crippen molar-refractivity contribution in [3.05, 3.63) is 71.3 Å². The van der Waals surface area contributed by atoms with Crippen molar-refractivity contribution in [3.63, 3.8) is 0 Å². The van der Waals surface area contributed by atoms with Gasteiger partial charge in [-0.2, -0.15) is 5.26 Å². The summed E-state index contributed by atoms with van der Waals surface area (Å²) in [6.07, 6.45) is 1.42. The van der Waals surface area contributed by atoms with Crippen molar-refractivity contribution in [1.29, 1.82) is 5.26 Å². The van der Waals surface area contributed by atoms with Gasteiger partial charge in [-0.15, -0.1) is 0 Å². The Morgan fingerprint density at radius 3 is 2.26 bits per heavy atom. The van der Waals surface area contributed by atoms with Crippen LogP contribution in [-0.2, 0) is 19.7 Å². The largest absolute Gasteiger partial charge is 0.451 e. The molecule has 27 heavy (non-hydrogen) atoms. The van der Waals surface area contributed by atoms with Crippen LogP contribution in [0.5, 0.6) is 0 Å². The van der Waals surface area contributed by atoms with Gasteiger partial charge in [-0.25, -0.2) is 4.79 Å². The second-order valence-corrected chi connectivity index (χ2v) is 7.03. The standard InChI is InChI=1S/C22H22N2O3/c1-22(2,3)18-9-11-19(12-10-18)24-20(25)15-27-21(26)17(14-23)13-16-7-5-4-6-8-16/h4-13H,15H2,1-3H3,(H,24,25). The fourth-order valence-electron chi connectivity index (χ4n) is 2.31. The Bertz CT molecular complexity index is 871. The number of hydrogen-bond donors (Lipinski definition) is 1. The summed E-state index contributed by atoms with van der Waals surface area (Å²) in [5.74, 6) is -1.30. The van der Waals surface area contributed by atoms with E-state index in [0.717, 1.165) is 5.56 Å². The molecule has 0 fully saturated rings. The van der Waals surface area contributed by atoms with Gasteiger partial charge in [0.2, 0.25) is 0 Å². The van der Waals surface area contributed by atoms with Gasteiger partial charge in [-0.05, 0) is 34.8 Å². The van der Waals surface area contributed by atoms with Gasteiger partial charge in [-0.1, -0.05) is 63.2 Å². The number of rotatable bonds is 5. The molecule has 0 bridgehead atoms. The van der Waals surface area contributed by atoms with E-state index < -0.39 is 18.5 Å². The molecule has 0 aliphatic heterocycles. The zero-order valence-electron chi connectivity index (χ0n) is 15.7. The highest BCUT2D eigenvalue weighted by Crippen LogP contribution is 2.23. The number of amides is 1. The molecule has 0 radical (unpaired) electrons. The number of esters is 1. The Kier molecular flexibility index (Phi) is 6.51. The van der Waals surface area contributed by atoms with Gasteiger partial charge >= 0.3 is 5.97 Å². The number of nitriles is 1. The number of carbonyl (C=O) groups is 2. The molecule has 138 valence electrons. The molecule has 0 aliphatic rings. The highest BCUT2D eigenvalue weighted by atomic mass is 16.5. The maximum Gasteiger partial charge on any atom is 0.349 e. The molecule has 0 unspecified atom stereocenters. The average molecular weight is 362 g/mol. The number of anilines is 1. The van der Waals surface area contributed by atoms with Crippen molar-refractivity contribution in [2.75, 3.05) is 11.9 Å². The minimum atomic E-state index is -0.834. The van der Waals surface area contributed by atoms with Gasteiger partial charge in [0.15, 0.2) is 6.61 Å². The van der Waals surface area contributed by atoms with Crippen LogP contribution in [0.3, 0.4) is 0 Å².